The molecule has 1 aromatic carbocycles. The normalized spacial score (nSPS) is 22.4. The molecule has 0 amide bonds. The zero-order chi connectivity index (χ0) is 16.4. The smallest absolute Gasteiger partial charge is 0.355 e. The summed E-state index contributed by atoms with van der Waals surface area (Å²) in [5.74, 6) is -0.0113. The van der Waals surface area contributed by atoms with E-state index in [0.717, 1.165) is 10.6 Å². The molecule has 8 heteroatoms. The largest absolute Gasteiger partial charge is 0.401 e. The second-order valence-electron chi connectivity index (χ2n) is 5.70. The van der Waals surface area contributed by atoms with E-state index in [4.69, 9.17) is 0 Å². The Balaban J connectivity index is 1.78. The first kappa shape index (κ1) is 16.2. The third-order valence-corrected chi connectivity index (χ3v) is 4.63. The topological polar surface area (TPSA) is 41.1 Å². The van der Waals surface area contributed by atoms with E-state index >= 15 is 0 Å². The van der Waals surface area contributed by atoms with Crippen molar-refractivity contribution in [2.24, 2.45) is 0 Å². The molecule has 2 heterocycles. The molecule has 0 bridgehead atoms. The number of nitrogens with zero attached hydrogens (tertiary/aromatic N) is 3. The van der Waals surface area contributed by atoms with E-state index in [1.54, 1.807) is 0 Å². The maximum absolute atomic E-state index is 12.7. The monoisotopic (exact) mass is 342 g/mol. The fraction of sp³-hybridized carbons (Fsp3) is 0.467. The lowest BCUT2D eigenvalue weighted by Gasteiger charge is -2.19. The van der Waals surface area contributed by atoms with Gasteiger partial charge >= 0.3 is 6.18 Å². The minimum atomic E-state index is -4.19. The van der Waals surface area contributed by atoms with Gasteiger partial charge in [-0.3, -0.25) is 4.90 Å². The van der Waals surface area contributed by atoms with E-state index in [-0.39, 0.29) is 12.0 Å². The summed E-state index contributed by atoms with van der Waals surface area (Å²) in [4.78, 5) is 1.45. The predicted molar refractivity (Wildman–Crippen MR) is 83.7 cm³/mol. The van der Waals surface area contributed by atoms with Gasteiger partial charge in [0.1, 0.15) is 5.01 Å². The molecule has 23 heavy (non-hydrogen) atoms. The lowest BCUT2D eigenvalue weighted by molar-refractivity contribution is -0.143. The van der Waals surface area contributed by atoms with Crippen LogP contribution in [0.3, 0.4) is 0 Å². The van der Waals surface area contributed by atoms with Gasteiger partial charge in [-0.15, -0.1) is 10.2 Å². The molecule has 4 nitrogen and oxygen atoms in total. The molecule has 0 radical (unpaired) electrons. The molecule has 0 aliphatic carbocycles. The second kappa shape index (κ2) is 6.45. The number of anilines is 1. The van der Waals surface area contributed by atoms with Gasteiger partial charge in [-0.05, 0) is 12.5 Å². The average molecular weight is 342 g/mol. The Morgan fingerprint density at radius 3 is 2.57 bits per heavy atom. The molecular weight excluding hydrogens is 325 g/mol. The fourth-order valence-corrected chi connectivity index (χ4v) is 3.62. The maximum Gasteiger partial charge on any atom is 0.401 e. The standard InChI is InChI=1S/C15H17F3N4S/c1-10-20-21-14(23-10)19-13-8-22(9-15(16,17)18)7-12(13)11-5-3-2-4-6-11/h2-6,12-13H,7-9H2,1H3,(H,19,21)/t12-,13+/m0/s1. The van der Waals surface area contributed by atoms with Gasteiger partial charge in [-0.1, -0.05) is 41.7 Å². The summed E-state index contributed by atoms with van der Waals surface area (Å²) in [6.45, 7) is 1.67. The lowest BCUT2D eigenvalue weighted by Crippen LogP contribution is -2.34. The highest BCUT2D eigenvalue weighted by Crippen LogP contribution is 2.32. The molecule has 0 unspecified atom stereocenters. The Kier molecular flexibility index (Phi) is 4.54. The summed E-state index contributed by atoms with van der Waals surface area (Å²) in [5, 5.41) is 12.7. The lowest BCUT2D eigenvalue weighted by atomic mass is 9.94. The molecule has 1 aromatic heterocycles. The molecule has 2 atom stereocenters. The van der Waals surface area contributed by atoms with Gasteiger partial charge in [0.25, 0.3) is 0 Å². The van der Waals surface area contributed by atoms with Crippen LogP contribution in [0.4, 0.5) is 18.3 Å². The van der Waals surface area contributed by atoms with Crippen molar-refractivity contribution in [2.45, 2.75) is 25.1 Å². The molecule has 2 aromatic rings. The van der Waals surface area contributed by atoms with Crippen molar-refractivity contribution < 1.29 is 13.2 Å². The van der Waals surface area contributed by atoms with Crippen LogP contribution < -0.4 is 5.32 Å². The van der Waals surface area contributed by atoms with E-state index in [9.17, 15) is 13.2 Å². The Morgan fingerprint density at radius 2 is 1.96 bits per heavy atom. The third-order valence-electron chi connectivity index (χ3n) is 3.86. The van der Waals surface area contributed by atoms with Gasteiger partial charge in [0.2, 0.25) is 5.13 Å². The minimum absolute atomic E-state index is 0.0113. The van der Waals surface area contributed by atoms with Gasteiger partial charge in [0.15, 0.2) is 0 Å². The van der Waals surface area contributed by atoms with Crippen molar-refractivity contribution >= 4 is 16.5 Å². The SMILES string of the molecule is Cc1nnc(N[C@@H]2CN(CC(F)(F)F)C[C@H]2c2ccccc2)s1. The molecule has 1 N–H and O–H groups in total. The maximum atomic E-state index is 12.7. The van der Waals surface area contributed by atoms with Crippen LogP contribution in [0.15, 0.2) is 30.3 Å². The van der Waals surface area contributed by atoms with E-state index < -0.39 is 12.7 Å². The molecular formula is C15H17F3N4S. The van der Waals surface area contributed by atoms with Crippen molar-refractivity contribution in [3.8, 4) is 0 Å². The van der Waals surface area contributed by atoms with Gasteiger partial charge in [-0.25, -0.2) is 0 Å². The van der Waals surface area contributed by atoms with Crippen molar-refractivity contribution in [2.75, 3.05) is 25.0 Å². The van der Waals surface area contributed by atoms with E-state index in [2.05, 4.69) is 15.5 Å². The number of likely N-dealkylation sites (tertiary alicyclic amines) is 1. The van der Waals surface area contributed by atoms with Gasteiger partial charge in [0.05, 0.1) is 6.54 Å². The number of halogens is 3. The molecule has 1 aliphatic heterocycles. The first-order valence-corrected chi connectivity index (χ1v) is 8.13. The van der Waals surface area contributed by atoms with Crippen LogP contribution in [0.2, 0.25) is 0 Å². The zero-order valence-electron chi connectivity index (χ0n) is 12.5. The highest BCUT2D eigenvalue weighted by molar-refractivity contribution is 7.15. The number of aryl methyl sites for hydroxylation is 1. The number of hydrogen-bond donors (Lipinski definition) is 1. The van der Waals surface area contributed by atoms with Crippen LogP contribution in [0.5, 0.6) is 0 Å². The van der Waals surface area contributed by atoms with Crippen molar-refractivity contribution in [3.63, 3.8) is 0 Å². The van der Waals surface area contributed by atoms with Crippen molar-refractivity contribution in [1.82, 2.24) is 15.1 Å². The molecule has 1 aliphatic rings. The van der Waals surface area contributed by atoms with Gasteiger partial charge < -0.3 is 5.32 Å². The number of aromatic nitrogens is 2. The summed E-state index contributed by atoms with van der Waals surface area (Å²) < 4.78 is 38.1. The van der Waals surface area contributed by atoms with Crippen LogP contribution in [0.25, 0.3) is 0 Å². The zero-order valence-corrected chi connectivity index (χ0v) is 13.4. The third kappa shape index (κ3) is 4.20. The Bertz CT molecular complexity index is 644. The first-order valence-electron chi connectivity index (χ1n) is 7.31. The quantitative estimate of drug-likeness (QED) is 0.926. The number of nitrogens with one attached hydrogen (secondary N) is 1. The molecule has 1 saturated heterocycles. The Labute approximate surface area is 136 Å². The van der Waals surface area contributed by atoms with Crippen LogP contribution in [0.1, 0.15) is 16.5 Å². The van der Waals surface area contributed by atoms with Crippen LogP contribution in [-0.2, 0) is 0 Å². The average Bonchev–Trinajstić information content (AvgIpc) is 3.05. The van der Waals surface area contributed by atoms with E-state index in [1.807, 2.05) is 37.3 Å². The molecule has 0 spiro atoms. The number of benzene rings is 1. The van der Waals surface area contributed by atoms with Gasteiger partial charge in [0, 0.05) is 25.0 Å². The summed E-state index contributed by atoms with van der Waals surface area (Å²) in [5.41, 5.74) is 1.04. The Morgan fingerprint density at radius 1 is 1.22 bits per heavy atom. The summed E-state index contributed by atoms with van der Waals surface area (Å²) in [6, 6.07) is 9.53. The minimum Gasteiger partial charge on any atom is -0.355 e. The summed E-state index contributed by atoms with van der Waals surface area (Å²) >= 11 is 1.41. The number of hydrogen-bond acceptors (Lipinski definition) is 5. The fourth-order valence-electron chi connectivity index (χ4n) is 2.97. The highest BCUT2D eigenvalue weighted by atomic mass is 32.1. The highest BCUT2D eigenvalue weighted by Gasteiger charge is 2.39. The molecule has 3 rings (SSSR count). The Hall–Kier alpha value is -1.67. The summed E-state index contributed by atoms with van der Waals surface area (Å²) in [7, 11) is 0. The van der Waals surface area contributed by atoms with Crippen molar-refractivity contribution in [1.29, 1.82) is 0 Å². The molecule has 124 valence electrons. The number of alkyl halides is 3. The predicted octanol–water partition coefficient (Wildman–Crippen LogP) is 3.29. The van der Waals surface area contributed by atoms with Gasteiger partial charge in [-0.2, -0.15) is 13.2 Å². The van der Waals surface area contributed by atoms with Crippen molar-refractivity contribution in [3.05, 3.63) is 40.9 Å². The molecule has 0 saturated carbocycles. The molecule has 1 fully saturated rings. The van der Waals surface area contributed by atoms with Crippen LogP contribution in [0, 0.1) is 6.92 Å². The summed E-state index contributed by atoms with van der Waals surface area (Å²) in [6.07, 6.45) is -4.19. The van der Waals surface area contributed by atoms with E-state index in [0.29, 0.717) is 18.2 Å². The van der Waals surface area contributed by atoms with Crippen LogP contribution >= 0.6 is 11.3 Å². The van der Waals surface area contributed by atoms with Crippen LogP contribution in [-0.4, -0.2) is 46.9 Å². The second-order valence-corrected chi connectivity index (χ2v) is 6.89. The number of rotatable bonds is 4. The first-order chi connectivity index (χ1) is 10.9. The van der Waals surface area contributed by atoms with E-state index in [1.165, 1.54) is 16.2 Å².